The quantitative estimate of drug-likeness (QED) is 0.260. The first-order valence-corrected chi connectivity index (χ1v) is 14.2. The fraction of sp³-hybridized carbons (Fsp3) is 0.409. The first kappa shape index (κ1) is 23.9. The number of primary sulfonamides is 1. The SMILES string of the molecule is CCCCCn1c(SCC(=O)Nc2cccc(S(N)(=O)=O)c2)nc2sc3c(c2c1=O)CCC3. The number of fused-ring (bicyclic) bond motifs is 3. The van der Waals surface area contributed by atoms with Crippen molar-refractivity contribution in [2.75, 3.05) is 11.1 Å². The Hall–Kier alpha value is -2.21. The van der Waals surface area contributed by atoms with Crippen molar-refractivity contribution in [3.8, 4) is 0 Å². The van der Waals surface area contributed by atoms with Gasteiger partial charge in [0.1, 0.15) is 4.83 Å². The summed E-state index contributed by atoms with van der Waals surface area (Å²) in [7, 11) is -3.86. The van der Waals surface area contributed by atoms with E-state index in [1.807, 2.05) is 0 Å². The highest BCUT2D eigenvalue weighted by Crippen LogP contribution is 2.35. The number of hydrogen-bond donors (Lipinski definition) is 2. The Morgan fingerprint density at radius 2 is 2.12 bits per heavy atom. The highest BCUT2D eigenvalue weighted by atomic mass is 32.2. The number of carbonyl (C=O) groups is 1. The maximum Gasteiger partial charge on any atom is 0.263 e. The Labute approximate surface area is 200 Å². The van der Waals surface area contributed by atoms with Gasteiger partial charge in [0.25, 0.3) is 5.56 Å². The number of rotatable bonds is 9. The molecule has 11 heteroatoms. The van der Waals surface area contributed by atoms with Crippen LogP contribution in [0.2, 0.25) is 0 Å². The molecule has 1 aliphatic carbocycles. The Morgan fingerprint density at radius 1 is 1.30 bits per heavy atom. The number of unbranched alkanes of at least 4 members (excludes halogenated alkanes) is 2. The summed E-state index contributed by atoms with van der Waals surface area (Å²) in [5, 5.41) is 9.13. The molecule has 8 nitrogen and oxygen atoms in total. The number of benzene rings is 1. The predicted molar refractivity (Wildman–Crippen MR) is 133 cm³/mol. The summed E-state index contributed by atoms with van der Waals surface area (Å²) in [4.78, 5) is 32.6. The number of hydrogen-bond acceptors (Lipinski definition) is 7. The van der Waals surface area contributed by atoms with Gasteiger partial charge in [-0.25, -0.2) is 18.5 Å². The van der Waals surface area contributed by atoms with Crippen LogP contribution in [0, 0.1) is 0 Å². The molecule has 4 rings (SSSR count). The van der Waals surface area contributed by atoms with Crippen molar-refractivity contribution in [3.63, 3.8) is 0 Å². The molecule has 0 unspecified atom stereocenters. The summed E-state index contributed by atoms with van der Waals surface area (Å²) < 4.78 is 24.8. The molecule has 0 saturated heterocycles. The molecule has 0 atom stereocenters. The highest BCUT2D eigenvalue weighted by molar-refractivity contribution is 7.99. The van der Waals surface area contributed by atoms with E-state index in [9.17, 15) is 18.0 Å². The monoisotopic (exact) mass is 506 g/mol. The normalized spacial score (nSPS) is 13.4. The second-order valence-electron chi connectivity index (χ2n) is 8.01. The number of nitrogens with two attached hydrogens (primary N) is 1. The third-order valence-corrected chi connectivity index (χ3v) is 8.63. The van der Waals surface area contributed by atoms with Gasteiger partial charge in [-0.1, -0.05) is 37.6 Å². The van der Waals surface area contributed by atoms with Gasteiger partial charge in [-0.15, -0.1) is 11.3 Å². The molecule has 0 aliphatic heterocycles. The largest absolute Gasteiger partial charge is 0.325 e. The molecule has 2 heterocycles. The number of nitrogens with zero attached hydrogens (tertiary/aromatic N) is 2. The van der Waals surface area contributed by atoms with Crippen molar-refractivity contribution in [1.29, 1.82) is 0 Å². The third kappa shape index (κ3) is 5.32. The number of thioether (sulfide) groups is 1. The Balaban J connectivity index is 1.55. The first-order chi connectivity index (χ1) is 15.8. The standard InChI is InChI=1S/C22H26N4O4S3/c1-2-3-4-11-26-21(28)19-16-9-6-10-17(16)32-20(19)25-22(26)31-13-18(27)24-14-7-5-8-15(12-14)33(23,29)30/h5,7-8,12H,2-4,6,9-11,13H2,1H3,(H,24,27)(H2,23,29,30). The third-order valence-electron chi connectivity index (χ3n) is 5.55. The van der Waals surface area contributed by atoms with Crippen LogP contribution in [0.5, 0.6) is 0 Å². The number of amides is 1. The number of thiophene rings is 1. The van der Waals surface area contributed by atoms with Gasteiger partial charge in [0.05, 0.1) is 16.0 Å². The van der Waals surface area contributed by atoms with E-state index in [1.165, 1.54) is 34.8 Å². The topological polar surface area (TPSA) is 124 Å². The number of aryl methyl sites for hydroxylation is 2. The van der Waals surface area contributed by atoms with E-state index >= 15 is 0 Å². The maximum atomic E-state index is 13.4. The van der Waals surface area contributed by atoms with E-state index in [4.69, 9.17) is 10.1 Å². The van der Waals surface area contributed by atoms with Gasteiger partial charge >= 0.3 is 0 Å². The van der Waals surface area contributed by atoms with E-state index in [2.05, 4.69) is 12.2 Å². The molecule has 0 spiro atoms. The van der Waals surface area contributed by atoms with Crippen LogP contribution in [0.25, 0.3) is 10.2 Å². The van der Waals surface area contributed by atoms with Crippen molar-refractivity contribution in [3.05, 3.63) is 45.1 Å². The molecule has 3 N–H and O–H groups in total. The molecule has 3 aromatic rings. The molecule has 1 aromatic carbocycles. The summed E-state index contributed by atoms with van der Waals surface area (Å²) >= 11 is 2.80. The number of carbonyl (C=O) groups excluding carboxylic acids is 1. The van der Waals surface area contributed by atoms with Crippen LogP contribution in [0.1, 0.15) is 43.0 Å². The lowest BCUT2D eigenvalue weighted by molar-refractivity contribution is -0.113. The number of anilines is 1. The molecule has 0 fully saturated rings. The number of nitrogens with one attached hydrogen (secondary N) is 1. The van der Waals surface area contributed by atoms with Crippen LogP contribution in [-0.2, 0) is 34.2 Å². The molecule has 0 saturated carbocycles. The van der Waals surface area contributed by atoms with Gasteiger partial charge < -0.3 is 5.32 Å². The van der Waals surface area contributed by atoms with E-state index < -0.39 is 10.0 Å². The van der Waals surface area contributed by atoms with Crippen molar-refractivity contribution in [1.82, 2.24) is 9.55 Å². The van der Waals surface area contributed by atoms with Crippen molar-refractivity contribution in [2.45, 2.75) is 62.0 Å². The van der Waals surface area contributed by atoms with E-state index in [-0.39, 0.29) is 22.1 Å². The van der Waals surface area contributed by atoms with Crippen molar-refractivity contribution < 1.29 is 13.2 Å². The van der Waals surface area contributed by atoms with Gasteiger partial charge in [-0.2, -0.15) is 0 Å². The fourth-order valence-corrected chi connectivity index (χ4v) is 6.65. The molecule has 1 aliphatic rings. The van der Waals surface area contributed by atoms with Crippen LogP contribution in [0.15, 0.2) is 39.1 Å². The summed E-state index contributed by atoms with van der Waals surface area (Å²) in [6, 6.07) is 5.79. The van der Waals surface area contributed by atoms with Crippen molar-refractivity contribution in [2.24, 2.45) is 5.14 Å². The van der Waals surface area contributed by atoms with E-state index in [0.29, 0.717) is 17.4 Å². The highest BCUT2D eigenvalue weighted by Gasteiger charge is 2.23. The van der Waals surface area contributed by atoms with Gasteiger partial charge in [-0.05, 0) is 49.4 Å². The molecule has 2 aromatic heterocycles. The van der Waals surface area contributed by atoms with Crippen LogP contribution in [-0.4, -0.2) is 29.6 Å². The Kier molecular flexibility index (Phi) is 7.22. The molecule has 33 heavy (non-hydrogen) atoms. The molecule has 1 amide bonds. The fourth-order valence-electron chi connectivity index (χ4n) is 3.96. The summed E-state index contributed by atoms with van der Waals surface area (Å²) in [6.07, 6.45) is 5.92. The molecular weight excluding hydrogens is 480 g/mol. The van der Waals surface area contributed by atoms with E-state index in [0.717, 1.165) is 54.3 Å². The summed E-state index contributed by atoms with van der Waals surface area (Å²) in [6.45, 7) is 2.68. The van der Waals surface area contributed by atoms with Crippen LogP contribution in [0.3, 0.4) is 0 Å². The predicted octanol–water partition coefficient (Wildman–Crippen LogP) is 3.52. The minimum Gasteiger partial charge on any atom is -0.325 e. The molecular formula is C22H26N4O4S3. The first-order valence-electron chi connectivity index (χ1n) is 10.9. The van der Waals surface area contributed by atoms with E-state index in [1.54, 1.807) is 22.0 Å². The van der Waals surface area contributed by atoms with Gasteiger partial charge in [-0.3, -0.25) is 14.2 Å². The lowest BCUT2D eigenvalue weighted by Crippen LogP contribution is -2.24. The zero-order valence-electron chi connectivity index (χ0n) is 18.3. The maximum absolute atomic E-state index is 13.4. The average Bonchev–Trinajstić information content (AvgIpc) is 3.34. The average molecular weight is 507 g/mol. The summed E-state index contributed by atoms with van der Waals surface area (Å²) in [5.74, 6) is -0.286. The second-order valence-corrected chi connectivity index (χ2v) is 11.6. The zero-order valence-corrected chi connectivity index (χ0v) is 20.7. The lowest BCUT2D eigenvalue weighted by Gasteiger charge is -2.12. The Morgan fingerprint density at radius 3 is 2.88 bits per heavy atom. The molecule has 0 radical (unpaired) electrons. The van der Waals surface area contributed by atoms with Crippen LogP contribution < -0.4 is 16.0 Å². The van der Waals surface area contributed by atoms with Crippen LogP contribution in [0.4, 0.5) is 5.69 Å². The second kappa shape index (κ2) is 9.96. The zero-order chi connectivity index (χ0) is 23.6. The minimum absolute atomic E-state index is 0.0146. The lowest BCUT2D eigenvalue weighted by atomic mass is 10.2. The number of aromatic nitrogens is 2. The molecule has 0 bridgehead atoms. The van der Waals surface area contributed by atoms with Gasteiger partial charge in [0.2, 0.25) is 15.9 Å². The van der Waals surface area contributed by atoms with Crippen molar-refractivity contribution >= 4 is 54.9 Å². The minimum atomic E-state index is -3.86. The Bertz CT molecular complexity index is 1360. The molecule has 176 valence electrons. The van der Waals surface area contributed by atoms with Gasteiger partial charge in [0, 0.05) is 17.1 Å². The smallest absolute Gasteiger partial charge is 0.263 e. The van der Waals surface area contributed by atoms with Gasteiger partial charge in [0.15, 0.2) is 5.16 Å². The summed E-state index contributed by atoms with van der Waals surface area (Å²) in [5.41, 5.74) is 1.48. The number of sulfonamides is 1. The van der Waals surface area contributed by atoms with Crippen LogP contribution >= 0.6 is 23.1 Å².